The van der Waals surface area contributed by atoms with Crippen LogP contribution in [0.5, 0.6) is 0 Å². The molecule has 1 saturated heterocycles. The summed E-state index contributed by atoms with van der Waals surface area (Å²) in [5, 5.41) is 18.5. The number of hydrogen-bond donors (Lipinski definition) is 2. The fraction of sp³-hybridized carbons (Fsp3) is 0.444. The Hall–Kier alpha value is -2.45. The van der Waals surface area contributed by atoms with Gasteiger partial charge >= 0.3 is 5.69 Å². The quantitative estimate of drug-likeness (QED) is 0.574. The molecule has 0 saturated carbocycles. The summed E-state index contributed by atoms with van der Waals surface area (Å²) in [5.41, 5.74) is 0.660. The van der Waals surface area contributed by atoms with Crippen molar-refractivity contribution in [3.63, 3.8) is 0 Å². The van der Waals surface area contributed by atoms with Crippen molar-refractivity contribution in [1.82, 2.24) is 15.3 Å². The number of nitro groups is 1. The molecule has 1 aliphatic heterocycles. The maximum atomic E-state index is 11.5. The topological polar surface area (TPSA) is 96.2 Å². The average molecular weight is 391 g/mol. The molecule has 1 fully saturated rings. The minimum atomic E-state index is -0.437. The molecule has 1 aromatic carbocycles. The average Bonchev–Trinajstić information content (AvgIpc) is 2.69. The van der Waals surface area contributed by atoms with E-state index in [1.165, 1.54) is 6.20 Å². The fourth-order valence-corrected chi connectivity index (χ4v) is 3.44. The normalized spacial score (nSPS) is 16.0. The number of anilines is 3. The molecule has 1 atom stereocenters. The molecule has 0 radical (unpaired) electrons. The highest BCUT2D eigenvalue weighted by atomic mass is 35.5. The van der Waals surface area contributed by atoms with Gasteiger partial charge in [-0.05, 0) is 63.0 Å². The molecule has 0 spiro atoms. The van der Waals surface area contributed by atoms with Gasteiger partial charge in [-0.1, -0.05) is 11.6 Å². The van der Waals surface area contributed by atoms with Gasteiger partial charge in [0.2, 0.25) is 11.8 Å². The van der Waals surface area contributed by atoms with Gasteiger partial charge in [-0.15, -0.1) is 0 Å². The van der Waals surface area contributed by atoms with Crippen molar-refractivity contribution >= 4 is 34.7 Å². The summed E-state index contributed by atoms with van der Waals surface area (Å²) in [7, 11) is 1.86. The van der Waals surface area contributed by atoms with E-state index in [1.54, 1.807) is 24.3 Å². The van der Waals surface area contributed by atoms with Gasteiger partial charge < -0.3 is 15.5 Å². The molecule has 1 unspecified atom stereocenters. The minimum Gasteiger partial charge on any atom is -0.351 e. The molecule has 2 heterocycles. The smallest absolute Gasteiger partial charge is 0.329 e. The maximum absolute atomic E-state index is 11.5. The lowest BCUT2D eigenvalue weighted by molar-refractivity contribution is -0.384. The molecule has 0 bridgehead atoms. The van der Waals surface area contributed by atoms with Crippen molar-refractivity contribution in [1.29, 1.82) is 0 Å². The molecule has 0 aliphatic carbocycles. The number of nitrogens with one attached hydrogen (secondary N) is 2. The number of nitrogens with zero attached hydrogens (tertiary/aromatic N) is 4. The molecule has 9 heteroatoms. The molecular weight excluding hydrogens is 368 g/mol. The number of hydrogen-bond acceptors (Lipinski definition) is 7. The summed E-state index contributed by atoms with van der Waals surface area (Å²) in [6, 6.07) is 7.23. The van der Waals surface area contributed by atoms with Gasteiger partial charge in [-0.25, -0.2) is 4.98 Å². The van der Waals surface area contributed by atoms with Gasteiger partial charge in [0.05, 0.1) is 4.92 Å². The monoisotopic (exact) mass is 390 g/mol. The summed E-state index contributed by atoms with van der Waals surface area (Å²) in [4.78, 5) is 21.5. The first kappa shape index (κ1) is 19.3. The van der Waals surface area contributed by atoms with Crippen LogP contribution in [0.3, 0.4) is 0 Å². The highest BCUT2D eigenvalue weighted by Crippen LogP contribution is 2.31. The van der Waals surface area contributed by atoms with Gasteiger partial charge in [0, 0.05) is 23.8 Å². The van der Waals surface area contributed by atoms with Crippen molar-refractivity contribution in [3.8, 4) is 0 Å². The van der Waals surface area contributed by atoms with Crippen LogP contribution in [0.1, 0.15) is 19.8 Å². The van der Waals surface area contributed by atoms with Crippen LogP contribution in [-0.2, 0) is 0 Å². The highest BCUT2D eigenvalue weighted by Gasteiger charge is 2.29. The van der Waals surface area contributed by atoms with Crippen LogP contribution in [0.2, 0.25) is 5.02 Å². The van der Waals surface area contributed by atoms with Crippen LogP contribution in [0.25, 0.3) is 0 Å². The Kier molecular flexibility index (Phi) is 6.08. The first-order valence-electron chi connectivity index (χ1n) is 8.93. The van der Waals surface area contributed by atoms with E-state index in [-0.39, 0.29) is 11.7 Å². The van der Waals surface area contributed by atoms with Gasteiger partial charge in [-0.2, -0.15) is 4.98 Å². The Morgan fingerprint density at radius 2 is 2.00 bits per heavy atom. The zero-order chi connectivity index (χ0) is 19.4. The Bertz CT molecular complexity index is 795. The second-order valence-electron chi connectivity index (χ2n) is 6.73. The molecule has 0 amide bonds. The summed E-state index contributed by atoms with van der Waals surface area (Å²) in [5.74, 6) is 1.08. The van der Waals surface area contributed by atoms with E-state index in [2.05, 4.69) is 27.5 Å². The number of benzene rings is 1. The Balaban J connectivity index is 1.86. The minimum absolute atomic E-state index is 0.0973. The van der Waals surface area contributed by atoms with Crippen LogP contribution < -0.4 is 15.5 Å². The molecule has 2 N–H and O–H groups in total. The van der Waals surface area contributed by atoms with Crippen molar-refractivity contribution in [2.24, 2.45) is 5.92 Å². The van der Waals surface area contributed by atoms with E-state index in [9.17, 15) is 10.1 Å². The second kappa shape index (κ2) is 8.49. The van der Waals surface area contributed by atoms with Gasteiger partial charge in [0.15, 0.2) is 0 Å². The zero-order valence-electron chi connectivity index (χ0n) is 15.4. The Morgan fingerprint density at radius 1 is 1.33 bits per heavy atom. The van der Waals surface area contributed by atoms with Gasteiger partial charge in [0.25, 0.3) is 0 Å². The van der Waals surface area contributed by atoms with Crippen molar-refractivity contribution in [3.05, 3.63) is 45.6 Å². The van der Waals surface area contributed by atoms with Crippen LogP contribution in [0.15, 0.2) is 30.5 Å². The summed E-state index contributed by atoms with van der Waals surface area (Å²) < 4.78 is 0. The van der Waals surface area contributed by atoms with E-state index >= 15 is 0 Å². The third kappa shape index (κ3) is 4.64. The zero-order valence-corrected chi connectivity index (χ0v) is 16.1. The predicted octanol–water partition coefficient (Wildman–Crippen LogP) is 3.61. The first-order valence-corrected chi connectivity index (χ1v) is 9.31. The fourth-order valence-electron chi connectivity index (χ4n) is 3.31. The highest BCUT2D eigenvalue weighted by molar-refractivity contribution is 6.30. The first-order chi connectivity index (χ1) is 13.0. The lowest BCUT2D eigenvalue weighted by Gasteiger charge is -2.35. The Labute approximate surface area is 163 Å². The predicted molar refractivity (Wildman–Crippen MR) is 107 cm³/mol. The molecule has 8 nitrogen and oxygen atoms in total. The standard InChI is InChI=1S/C18H23ClN6O2/c1-12(13-7-9-20-10-8-13)24(2)17-16(25(26)27)11-21-18(23-17)22-15-5-3-14(19)4-6-15/h3-6,11-13,20H,7-10H2,1-2H3,(H,21,22,23). The summed E-state index contributed by atoms with van der Waals surface area (Å²) in [6.45, 7) is 4.03. The van der Waals surface area contributed by atoms with Crippen LogP contribution in [0, 0.1) is 16.0 Å². The SMILES string of the molecule is CC(C1CCNCC1)N(C)c1nc(Nc2ccc(Cl)cc2)ncc1[N+](=O)[O-]. The lowest BCUT2D eigenvalue weighted by Crippen LogP contribution is -2.41. The maximum Gasteiger partial charge on any atom is 0.329 e. The largest absolute Gasteiger partial charge is 0.351 e. The summed E-state index contributed by atoms with van der Waals surface area (Å²) >= 11 is 5.90. The van der Waals surface area contributed by atoms with Crippen LogP contribution in [-0.4, -0.2) is 41.1 Å². The van der Waals surface area contributed by atoms with E-state index in [0.717, 1.165) is 31.6 Å². The number of rotatable bonds is 6. The van der Waals surface area contributed by atoms with Crippen molar-refractivity contribution < 1.29 is 4.92 Å². The van der Waals surface area contributed by atoms with Crippen molar-refractivity contribution in [2.45, 2.75) is 25.8 Å². The van der Waals surface area contributed by atoms with Crippen LogP contribution in [0.4, 0.5) is 23.1 Å². The molecule has 1 aliphatic rings. The van der Waals surface area contributed by atoms with Gasteiger partial charge in [0.1, 0.15) is 6.20 Å². The number of halogens is 1. The molecule has 2 aromatic rings. The molecule has 144 valence electrons. The Morgan fingerprint density at radius 3 is 2.63 bits per heavy atom. The number of aromatic nitrogens is 2. The molecule has 27 heavy (non-hydrogen) atoms. The van der Waals surface area contributed by atoms with E-state index in [4.69, 9.17) is 11.6 Å². The second-order valence-corrected chi connectivity index (χ2v) is 7.17. The van der Waals surface area contributed by atoms with E-state index < -0.39 is 4.92 Å². The molecule has 3 rings (SSSR count). The number of piperidine rings is 1. The van der Waals surface area contributed by atoms with Gasteiger partial charge in [-0.3, -0.25) is 10.1 Å². The molecule has 1 aromatic heterocycles. The third-order valence-electron chi connectivity index (χ3n) is 5.06. The summed E-state index contributed by atoms with van der Waals surface area (Å²) in [6.07, 6.45) is 3.34. The van der Waals surface area contributed by atoms with E-state index in [0.29, 0.717) is 22.7 Å². The molecular formula is C18H23ClN6O2. The van der Waals surface area contributed by atoms with Crippen molar-refractivity contribution in [2.75, 3.05) is 30.4 Å². The third-order valence-corrected chi connectivity index (χ3v) is 5.31. The van der Waals surface area contributed by atoms with E-state index in [1.807, 2.05) is 11.9 Å². The van der Waals surface area contributed by atoms with Crippen LogP contribution >= 0.6 is 11.6 Å². The lowest BCUT2D eigenvalue weighted by atomic mass is 9.90.